The van der Waals surface area contributed by atoms with Crippen molar-refractivity contribution in [2.45, 2.75) is 18.7 Å². The summed E-state index contributed by atoms with van der Waals surface area (Å²) in [5.74, 6) is -3.94. The van der Waals surface area contributed by atoms with Gasteiger partial charge in [-0.2, -0.15) is 0 Å². The molecule has 132 valence electrons. The number of sulfonamides is 1. The Morgan fingerprint density at radius 2 is 1.84 bits per heavy atom. The monoisotopic (exact) mass is 366 g/mol. The molecular formula is C15H14N2O7S. The minimum Gasteiger partial charge on any atom is -0.506 e. The van der Waals surface area contributed by atoms with Crippen LogP contribution in [0.5, 0.6) is 0 Å². The SMILES string of the molecule is CC(=O)C1=C(O)/C(=C(\C)Nc2cccc(S(N)(=O)=O)c2)C(=O)OC1=O. The second-order valence-corrected chi connectivity index (χ2v) is 6.72. The first-order valence-electron chi connectivity index (χ1n) is 6.84. The number of esters is 2. The van der Waals surface area contributed by atoms with Crippen LogP contribution >= 0.6 is 0 Å². The lowest BCUT2D eigenvalue weighted by Gasteiger charge is -2.18. The van der Waals surface area contributed by atoms with Crippen molar-refractivity contribution in [3.8, 4) is 0 Å². The fraction of sp³-hybridized carbons (Fsp3) is 0.133. The Kier molecular flexibility index (Phi) is 4.77. The molecule has 0 aliphatic carbocycles. The van der Waals surface area contributed by atoms with Gasteiger partial charge in [-0.3, -0.25) is 4.79 Å². The number of primary sulfonamides is 1. The summed E-state index contributed by atoms with van der Waals surface area (Å²) < 4.78 is 27.2. The highest BCUT2D eigenvalue weighted by atomic mass is 32.2. The maximum absolute atomic E-state index is 11.9. The molecule has 1 aliphatic heterocycles. The normalized spacial score (nSPS) is 17.2. The third-order valence-electron chi connectivity index (χ3n) is 3.29. The standard InChI is InChI=1S/C15H14N2O7S/c1-7(17-9-4-3-5-10(6-9)25(16,22)23)11-13(19)12(8(2)18)15(21)24-14(11)20/h3-6,17,19H,1-2H3,(H2,16,22,23)/b11-7-. The molecule has 0 saturated carbocycles. The Bertz CT molecular complexity index is 958. The lowest BCUT2D eigenvalue weighted by atomic mass is 10.0. The van der Waals surface area contributed by atoms with Gasteiger partial charge in [-0.1, -0.05) is 6.07 Å². The van der Waals surface area contributed by atoms with Crippen LogP contribution in [0.15, 0.2) is 51.8 Å². The molecule has 1 heterocycles. The fourth-order valence-corrected chi connectivity index (χ4v) is 2.74. The number of allylic oxidation sites excluding steroid dienone is 1. The number of Topliss-reactive ketones (excluding diaryl/α,β-unsaturated/α-hetero) is 1. The Labute approximate surface area is 142 Å². The van der Waals surface area contributed by atoms with E-state index < -0.39 is 44.7 Å². The van der Waals surface area contributed by atoms with Crippen LogP contribution in [-0.2, 0) is 29.1 Å². The zero-order valence-electron chi connectivity index (χ0n) is 13.2. The molecule has 0 atom stereocenters. The number of ether oxygens (including phenoxy) is 1. The van der Waals surface area contributed by atoms with Gasteiger partial charge in [-0.25, -0.2) is 23.1 Å². The number of cyclic esters (lactones) is 2. The molecule has 0 amide bonds. The number of anilines is 1. The predicted octanol–water partition coefficient (Wildman–Crippen LogP) is 0.504. The molecular weight excluding hydrogens is 352 g/mol. The van der Waals surface area contributed by atoms with E-state index in [1.165, 1.54) is 31.2 Å². The fourth-order valence-electron chi connectivity index (χ4n) is 2.18. The summed E-state index contributed by atoms with van der Waals surface area (Å²) in [6.07, 6.45) is 0. The molecule has 1 aromatic carbocycles. The first kappa shape index (κ1) is 18.4. The molecule has 0 saturated heterocycles. The molecule has 1 aromatic rings. The van der Waals surface area contributed by atoms with Crippen LogP contribution in [0, 0.1) is 0 Å². The van der Waals surface area contributed by atoms with Crippen molar-refractivity contribution in [2.75, 3.05) is 5.32 Å². The summed E-state index contributed by atoms with van der Waals surface area (Å²) in [5.41, 5.74) is -0.765. The second kappa shape index (κ2) is 6.49. The quantitative estimate of drug-likeness (QED) is 0.301. The number of nitrogens with two attached hydrogens (primary N) is 1. The van der Waals surface area contributed by atoms with Gasteiger partial charge in [-0.15, -0.1) is 0 Å². The molecule has 10 heteroatoms. The first-order valence-corrected chi connectivity index (χ1v) is 8.39. The van der Waals surface area contributed by atoms with Crippen LogP contribution in [0.25, 0.3) is 0 Å². The topological polar surface area (TPSA) is 153 Å². The van der Waals surface area contributed by atoms with E-state index in [1.807, 2.05) is 0 Å². The highest BCUT2D eigenvalue weighted by Gasteiger charge is 2.36. The van der Waals surface area contributed by atoms with Crippen LogP contribution in [0.4, 0.5) is 5.69 Å². The van der Waals surface area contributed by atoms with E-state index in [0.717, 1.165) is 6.92 Å². The minimum absolute atomic E-state index is 0.0420. The number of hydrogen-bond donors (Lipinski definition) is 3. The number of aliphatic hydroxyl groups is 1. The van der Waals surface area contributed by atoms with E-state index in [-0.39, 0.29) is 16.3 Å². The summed E-state index contributed by atoms with van der Waals surface area (Å²) in [6, 6.07) is 5.40. The average Bonchev–Trinajstić information content (AvgIpc) is 2.45. The number of nitrogens with one attached hydrogen (secondary N) is 1. The molecule has 0 fully saturated rings. The smallest absolute Gasteiger partial charge is 0.353 e. The molecule has 25 heavy (non-hydrogen) atoms. The van der Waals surface area contributed by atoms with E-state index >= 15 is 0 Å². The van der Waals surface area contributed by atoms with Crippen LogP contribution in [-0.4, -0.2) is 31.2 Å². The summed E-state index contributed by atoms with van der Waals surface area (Å²) in [4.78, 5) is 34.7. The number of benzene rings is 1. The van der Waals surface area contributed by atoms with Crippen LogP contribution in [0.1, 0.15) is 13.8 Å². The van der Waals surface area contributed by atoms with Gasteiger partial charge < -0.3 is 15.2 Å². The summed E-state index contributed by atoms with van der Waals surface area (Å²) >= 11 is 0. The molecule has 0 radical (unpaired) electrons. The number of hydrogen-bond acceptors (Lipinski definition) is 8. The highest BCUT2D eigenvalue weighted by Crippen LogP contribution is 2.26. The summed E-state index contributed by atoms with van der Waals surface area (Å²) in [7, 11) is -3.93. The Morgan fingerprint density at radius 1 is 1.20 bits per heavy atom. The minimum atomic E-state index is -3.93. The van der Waals surface area contributed by atoms with Crippen molar-refractivity contribution in [2.24, 2.45) is 5.14 Å². The zero-order chi connectivity index (χ0) is 18.9. The molecule has 0 spiro atoms. The van der Waals surface area contributed by atoms with Gasteiger partial charge in [0.05, 0.1) is 4.90 Å². The van der Waals surface area contributed by atoms with Crippen LogP contribution < -0.4 is 10.5 Å². The Balaban J connectivity index is 2.51. The van der Waals surface area contributed by atoms with E-state index in [2.05, 4.69) is 10.1 Å². The molecule has 4 N–H and O–H groups in total. The maximum Gasteiger partial charge on any atom is 0.353 e. The van der Waals surface area contributed by atoms with Gasteiger partial charge in [0, 0.05) is 11.4 Å². The number of ketones is 1. The lowest BCUT2D eigenvalue weighted by molar-refractivity contribution is -0.155. The van der Waals surface area contributed by atoms with Crippen molar-refractivity contribution in [3.63, 3.8) is 0 Å². The van der Waals surface area contributed by atoms with Gasteiger partial charge in [0.2, 0.25) is 10.0 Å². The number of carbonyl (C=O) groups is 3. The second-order valence-electron chi connectivity index (χ2n) is 5.15. The van der Waals surface area contributed by atoms with E-state index in [0.29, 0.717) is 0 Å². The predicted molar refractivity (Wildman–Crippen MR) is 85.6 cm³/mol. The van der Waals surface area contributed by atoms with Crippen molar-refractivity contribution in [3.05, 3.63) is 46.9 Å². The third-order valence-corrected chi connectivity index (χ3v) is 4.20. The number of carbonyl (C=O) groups excluding carboxylic acids is 3. The molecule has 9 nitrogen and oxygen atoms in total. The van der Waals surface area contributed by atoms with E-state index in [9.17, 15) is 27.9 Å². The highest BCUT2D eigenvalue weighted by molar-refractivity contribution is 7.89. The van der Waals surface area contributed by atoms with Gasteiger partial charge in [0.25, 0.3) is 0 Å². The maximum atomic E-state index is 11.9. The number of aliphatic hydroxyl groups excluding tert-OH is 1. The van der Waals surface area contributed by atoms with Gasteiger partial charge in [0.15, 0.2) is 5.78 Å². The van der Waals surface area contributed by atoms with E-state index in [1.54, 1.807) is 0 Å². The average molecular weight is 366 g/mol. The lowest BCUT2D eigenvalue weighted by Crippen LogP contribution is -2.29. The van der Waals surface area contributed by atoms with Crippen molar-refractivity contribution < 1.29 is 32.6 Å². The van der Waals surface area contributed by atoms with Crippen LogP contribution in [0.3, 0.4) is 0 Å². The zero-order valence-corrected chi connectivity index (χ0v) is 14.0. The Hall–Kier alpha value is -2.98. The molecule has 1 aliphatic rings. The molecule has 0 unspecified atom stereocenters. The van der Waals surface area contributed by atoms with Gasteiger partial charge in [-0.05, 0) is 32.0 Å². The van der Waals surface area contributed by atoms with E-state index in [4.69, 9.17) is 5.14 Å². The van der Waals surface area contributed by atoms with Crippen molar-refractivity contribution in [1.29, 1.82) is 0 Å². The van der Waals surface area contributed by atoms with Crippen molar-refractivity contribution >= 4 is 33.4 Å². The Morgan fingerprint density at radius 3 is 2.40 bits per heavy atom. The van der Waals surface area contributed by atoms with Crippen LogP contribution in [0.2, 0.25) is 0 Å². The van der Waals surface area contributed by atoms with Crippen molar-refractivity contribution in [1.82, 2.24) is 0 Å². The molecule has 2 rings (SSSR count). The third kappa shape index (κ3) is 3.75. The number of rotatable bonds is 4. The molecule has 0 bridgehead atoms. The van der Waals surface area contributed by atoms with Gasteiger partial charge >= 0.3 is 11.9 Å². The summed E-state index contributed by atoms with van der Waals surface area (Å²) in [5, 5.41) is 17.8. The first-order chi connectivity index (χ1) is 11.5. The molecule has 0 aromatic heterocycles. The largest absolute Gasteiger partial charge is 0.506 e. The summed E-state index contributed by atoms with van der Waals surface area (Å²) in [6.45, 7) is 2.42. The van der Waals surface area contributed by atoms with Gasteiger partial charge in [0.1, 0.15) is 16.9 Å².